The third-order valence-electron chi connectivity index (χ3n) is 1.82. The standard InChI is InChI=1S/C7H4N6O2/c8-13-10-5-1-3-4(2-9-5)7(15)12-11-6(3)14/h1-2H,(H,11,14)(H,12,15). The Labute approximate surface area is 81.2 Å². The van der Waals surface area contributed by atoms with Gasteiger partial charge in [-0.25, -0.2) is 0 Å². The van der Waals surface area contributed by atoms with Gasteiger partial charge in [-0.2, -0.15) is 0 Å². The van der Waals surface area contributed by atoms with E-state index in [9.17, 15) is 9.59 Å². The van der Waals surface area contributed by atoms with Crippen molar-refractivity contribution in [1.82, 2.24) is 15.2 Å². The van der Waals surface area contributed by atoms with Crippen LogP contribution in [0.1, 0.15) is 0 Å². The second-order valence-corrected chi connectivity index (χ2v) is 2.69. The Morgan fingerprint density at radius 3 is 2.60 bits per heavy atom. The maximum absolute atomic E-state index is 11.3. The van der Waals surface area contributed by atoms with Crippen molar-refractivity contribution in [2.45, 2.75) is 0 Å². The van der Waals surface area contributed by atoms with Gasteiger partial charge in [-0.1, -0.05) is 0 Å². The molecule has 0 aliphatic heterocycles. The van der Waals surface area contributed by atoms with Crippen LogP contribution >= 0.6 is 0 Å². The molecule has 0 aliphatic rings. The van der Waals surface area contributed by atoms with E-state index in [1.807, 2.05) is 0 Å². The van der Waals surface area contributed by atoms with Gasteiger partial charge >= 0.3 is 0 Å². The van der Waals surface area contributed by atoms with Crippen LogP contribution in [0, 0.1) is 0 Å². The molecule has 15 heavy (non-hydrogen) atoms. The third-order valence-corrected chi connectivity index (χ3v) is 1.82. The van der Waals surface area contributed by atoms with E-state index < -0.39 is 11.1 Å². The molecule has 0 radical (unpaired) electrons. The molecule has 0 saturated heterocycles. The fourth-order valence-corrected chi connectivity index (χ4v) is 1.16. The SMILES string of the molecule is [N-]=[N+]=Nc1cc2c(=O)[nH][nH]c(=O)c2cn1. The number of azide groups is 1. The third kappa shape index (κ3) is 1.45. The zero-order valence-corrected chi connectivity index (χ0v) is 7.26. The monoisotopic (exact) mass is 204 g/mol. The van der Waals surface area contributed by atoms with Crippen LogP contribution in [0.4, 0.5) is 5.82 Å². The lowest BCUT2D eigenvalue weighted by Gasteiger charge is -1.95. The lowest BCUT2D eigenvalue weighted by molar-refractivity contribution is 0.974. The number of aromatic nitrogens is 3. The van der Waals surface area contributed by atoms with Crippen LogP contribution in [-0.4, -0.2) is 15.2 Å². The molecular weight excluding hydrogens is 200 g/mol. The minimum Gasteiger partial charge on any atom is -0.267 e. The molecule has 0 amide bonds. The smallest absolute Gasteiger partial charge is 0.267 e. The molecule has 2 rings (SSSR count). The largest absolute Gasteiger partial charge is 0.272 e. The van der Waals surface area contributed by atoms with Crippen LogP contribution in [0.5, 0.6) is 0 Å². The van der Waals surface area contributed by atoms with E-state index in [0.29, 0.717) is 0 Å². The number of fused-ring (bicyclic) bond motifs is 1. The van der Waals surface area contributed by atoms with Gasteiger partial charge in [0.1, 0.15) is 5.82 Å². The van der Waals surface area contributed by atoms with Crippen LogP contribution in [0.3, 0.4) is 0 Å². The molecule has 74 valence electrons. The molecule has 0 spiro atoms. The molecule has 0 aromatic carbocycles. The highest BCUT2D eigenvalue weighted by Gasteiger charge is 2.03. The Bertz CT molecular complexity index is 678. The molecule has 2 aromatic heterocycles. The van der Waals surface area contributed by atoms with Crippen LogP contribution in [0.25, 0.3) is 21.2 Å². The highest BCUT2D eigenvalue weighted by Crippen LogP contribution is 2.11. The number of nitrogens with one attached hydrogen (secondary N) is 2. The Morgan fingerprint density at radius 1 is 1.27 bits per heavy atom. The van der Waals surface area contributed by atoms with E-state index in [-0.39, 0.29) is 16.6 Å². The number of aromatic amines is 2. The number of nitrogens with zero attached hydrogens (tertiary/aromatic N) is 4. The number of H-pyrrole nitrogens is 2. The van der Waals surface area contributed by atoms with Gasteiger partial charge in [-0.3, -0.25) is 24.8 Å². The van der Waals surface area contributed by atoms with Crippen molar-refractivity contribution >= 4 is 16.6 Å². The van der Waals surface area contributed by atoms with Crippen LogP contribution in [0.2, 0.25) is 0 Å². The minimum absolute atomic E-state index is 0.0427. The molecule has 0 saturated carbocycles. The van der Waals surface area contributed by atoms with Crippen molar-refractivity contribution in [2.75, 3.05) is 0 Å². The Balaban J connectivity index is 2.93. The zero-order valence-electron chi connectivity index (χ0n) is 7.26. The van der Waals surface area contributed by atoms with Crippen molar-refractivity contribution in [3.8, 4) is 0 Å². The van der Waals surface area contributed by atoms with Crippen molar-refractivity contribution in [1.29, 1.82) is 0 Å². The quantitative estimate of drug-likeness (QED) is 0.400. The predicted octanol–water partition coefficient (Wildman–Crippen LogP) is 0.553. The van der Waals surface area contributed by atoms with E-state index in [1.165, 1.54) is 12.3 Å². The number of rotatable bonds is 1. The van der Waals surface area contributed by atoms with Gasteiger partial charge in [0, 0.05) is 11.1 Å². The van der Waals surface area contributed by atoms with Gasteiger partial charge < -0.3 is 0 Å². The summed E-state index contributed by atoms with van der Waals surface area (Å²) in [6, 6.07) is 1.25. The van der Waals surface area contributed by atoms with Crippen molar-refractivity contribution in [2.24, 2.45) is 5.11 Å². The number of hydrogen-bond donors (Lipinski definition) is 2. The highest BCUT2D eigenvalue weighted by molar-refractivity contribution is 5.81. The topological polar surface area (TPSA) is 127 Å². The van der Waals surface area contributed by atoms with Gasteiger partial charge in [0.25, 0.3) is 11.1 Å². The summed E-state index contributed by atoms with van der Waals surface area (Å²) in [5.41, 5.74) is 7.26. The molecule has 2 N–H and O–H groups in total. The Morgan fingerprint density at radius 2 is 1.93 bits per heavy atom. The maximum Gasteiger partial charge on any atom is 0.272 e. The Hall–Kier alpha value is -2.60. The molecule has 8 heteroatoms. The highest BCUT2D eigenvalue weighted by atomic mass is 16.1. The van der Waals surface area contributed by atoms with Crippen LogP contribution < -0.4 is 11.1 Å². The summed E-state index contributed by atoms with van der Waals surface area (Å²) in [7, 11) is 0. The fraction of sp³-hybridized carbons (Fsp3) is 0. The molecule has 0 atom stereocenters. The second-order valence-electron chi connectivity index (χ2n) is 2.69. The van der Waals surface area contributed by atoms with Gasteiger partial charge in [-0.05, 0) is 16.7 Å². The van der Waals surface area contributed by atoms with E-state index in [2.05, 4.69) is 25.2 Å². The second kappa shape index (κ2) is 3.28. The minimum atomic E-state index is -0.471. The molecule has 2 heterocycles. The fourth-order valence-electron chi connectivity index (χ4n) is 1.16. The number of pyridine rings is 1. The summed E-state index contributed by atoms with van der Waals surface area (Å²) >= 11 is 0. The summed E-state index contributed by atoms with van der Waals surface area (Å²) in [5, 5.41) is 7.83. The zero-order chi connectivity index (χ0) is 10.8. The Kier molecular flexibility index (Phi) is 1.96. The average Bonchev–Trinajstić information content (AvgIpc) is 2.24. The first-order valence-electron chi connectivity index (χ1n) is 3.88. The average molecular weight is 204 g/mol. The molecule has 0 fully saturated rings. The van der Waals surface area contributed by atoms with E-state index in [0.717, 1.165) is 0 Å². The van der Waals surface area contributed by atoms with Crippen molar-refractivity contribution < 1.29 is 0 Å². The van der Waals surface area contributed by atoms with Gasteiger partial charge in [0.15, 0.2) is 0 Å². The van der Waals surface area contributed by atoms with Gasteiger partial charge in [0.05, 0.1) is 10.8 Å². The lowest BCUT2D eigenvalue weighted by atomic mass is 10.2. The normalized spacial score (nSPS) is 9.87. The summed E-state index contributed by atoms with van der Waals surface area (Å²) in [4.78, 5) is 28.8. The molecule has 8 nitrogen and oxygen atoms in total. The first-order chi connectivity index (χ1) is 7.22. The van der Waals surface area contributed by atoms with E-state index in [4.69, 9.17) is 5.53 Å². The van der Waals surface area contributed by atoms with Crippen molar-refractivity contribution in [3.63, 3.8) is 0 Å². The van der Waals surface area contributed by atoms with Crippen molar-refractivity contribution in [3.05, 3.63) is 43.4 Å². The lowest BCUT2D eigenvalue weighted by Crippen LogP contribution is -2.18. The summed E-state index contributed by atoms with van der Waals surface area (Å²) in [6.07, 6.45) is 1.19. The van der Waals surface area contributed by atoms with E-state index in [1.54, 1.807) is 0 Å². The first-order valence-corrected chi connectivity index (χ1v) is 3.88. The molecule has 2 aromatic rings. The van der Waals surface area contributed by atoms with Gasteiger partial charge in [0.2, 0.25) is 0 Å². The molecule has 0 bridgehead atoms. The van der Waals surface area contributed by atoms with E-state index >= 15 is 0 Å². The van der Waals surface area contributed by atoms with Gasteiger partial charge in [-0.15, -0.1) is 0 Å². The van der Waals surface area contributed by atoms with Crippen LogP contribution in [-0.2, 0) is 0 Å². The summed E-state index contributed by atoms with van der Waals surface area (Å²) < 4.78 is 0. The predicted molar refractivity (Wildman–Crippen MR) is 51.8 cm³/mol. The molecular formula is C7H4N6O2. The first kappa shape index (κ1) is 8.97. The number of hydrogen-bond acceptors (Lipinski definition) is 4. The molecule has 0 unspecified atom stereocenters. The maximum atomic E-state index is 11.3. The molecule has 0 aliphatic carbocycles. The van der Waals surface area contributed by atoms with Crippen LogP contribution in [0.15, 0.2) is 27.0 Å². The summed E-state index contributed by atoms with van der Waals surface area (Å²) in [6.45, 7) is 0. The summed E-state index contributed by atoms with van der Waals surface area (Å²) in [5.74, 6) is 0.0427.